The second-order valence-corrected chi connectivity index (χ2v) is 2.44. The molecule has 58 valence electrons. The minimum Gasteiger partial charge on any atom is -0.198 e. The molecule has 11 heavy (non-hydrogen) atoms. The Morgan fingerprint density at radius 2 is 2.09 bits per heavy atom. The first kappa shape index (κ1) is 9.72. The van der Waals surface area contributed by atoms with E-state index in [2.05, 4.69) is 18.7 Å². The lowest BCUT2D eigenvalue weighted by Gasteiger charge is -2.06. The zero-order valence-corrected chi connectivity index (χ0v) is 6.75. The lowest BCUT2D eigenvalue weighted by Crippen LogP contribution is -2.02. The van der Waals surface area contributed by atoms with Gasteiger partial charge in [-0.15, -0.1) is 6.58 Å². The Morgan fingerprint density at radius 1 is 1.45 bits per heavy atom. The third-order valence-electron chi connectivity index (χ3n) is 1.66. The summed E-state index contributed by atoms with van der Waals surface area (Å²) in [5.74, 6) is -0.169. The molecule has 0 aromatic carbocycles. The Morgan fingerprint density at radius 3 is 2.36 bits per heavy atom. The SMILES string of the molecule is C=CC(C#N)CC(C#N)CC. The van der Waals surface area contributed by atoms with Gasteiger partial charge in [-0.05, 0) is 12.8 Å². The van der Waals surface area contributed by atoms with Gasteiger partial charge in [0.15, 0.2) is 0 Å². The Kier molecular flexibility index (Phi) is 4.86. The second-order valence-electron chi connectivity index (χ2n) is 2.44. The van der Waals surface area contributed by atoms with E-state index < -0.39 is 0 Å². The highest BCUT2D eigenvalue weighted by molar-refractivity contribution is 4.99. The smallest absolute Gasteiger partial charge is 0.0697 e. The number of nitrogens with zero attached hydrogens (tertiary/aromatic N) is 2. The van der Waals surface area contributed by atoms with Crippen molar-refractivity contribution in [2.45, 2.75) is 19.8 Å². The van der Waals surface area contributed by atoms with Gasteiger partial charge in [-0.2, -0.15) is 10.5 Å². The van der Waals surface area contributed by atoms with E-state index >= 15 is 0 Å². The van der Waals surface area contributed by atoms with Crippen molar-refractivity contribution >= 4 is 0 Å². The average molecular weight is 148 g/mol. The standard InChI is InChI=1S/C9H12N2/c1-3-8(6-10)5-9(4-2)7-11/h3,8-9H,1,4-5H2,2H3. The summed E-state index contributed by atoms with van der Waals surface area (Å²) in [6.45, 7) is 5.47. The molecular formula is C9H12N2. The highest BCUT2D eigenvalue weighted by Gasteiger charge is 2.10. The normalized spacial score (nSPS) is 14.1. The Labute approximate surface area is 67.8 Å². The molecule has 0 aliphatic carbocycles. The first-order valence-electron chi connectivity index (χ1n) is 3.70. The van der Waals surface area contributed by atoms with Crippen LogP contribution in [-0.2, 0) is 0 Å². The molecule has 0 aromatic rings. The van der Waals surface area contributed by atoms with Crippen LogP contribution in [0.2, 0.25) is 0 Å². The fourth-order valence-corrected chi connectivity index (χ4v) is 0.819. The van der Waals surface area contributed by atoms with E-state index in [-0.39, 0.29) is 11.8 Å². The predicted molar refractivity (Wildman–Crippen MR) is 43.3 cm³/mol. The van der Waals surface area contributed by atoms with Crippen LogP contribution in [0.5, 0.6) is 0 Å². The van der Waals surface area contributed by atoms with E-state index in [4.69, 9.17) is 10.5 Å². The van der Waals surface area contributed by atoms with Crippen molar-refractivity contribution < 1.29 is 0 Å². The van der Waals surface area contributed by atoms with E-state index in [0.29, 0.717) is 6.42 Å². The lowest BCUT2D eigenvalue weighted by molar-refractivity contribution is 0.541. The number of hydrogen-bond donors (Lipinski definition) is 0. The maximum Gasteiger partial charge on any atom is 0.0697 e. The quantitative estimate of drug-likeness (QED) is 0.574. The molecule has 0 spiro atoms. The van der Waals surface area contributed by atoms with Crippen LogP contribution in [0, 0.1) is 34.5 Å². The summed E-state index contributed by atoms with van der Waals surface area (Å²) in [6, 6.07) is 4.23. The molecule has 0 rings (SSSR count). The van der Waals surface area contributed by atoms with Crippen LogP contribution in [0.15, 0.2) is 12.7 Å². The van der Waals surface area contributed by atoms with E-state index in [9.17, 15) is 0 Å². The molecule has 0 aliphatic rings. The predicted octanol–water partition coefficient (Wildman–Crippen LogP) is 2.25. The van der Waals surface area contributed by atoms with Gasteiger partial charge in [0.1, 0.15) is 0 Å². The van der Waals surface area contributed by atoms with Gasteiger partial charge in [-0.25, -0.2) is 0 Å². The topological polar surface area (TPSA) is 47.6 Å². The monoisotopic (exact) mass is 148 g/mol. The Bertz CT molecular complexity index is 195. The Balaban J connectivity index is 3.92. The van der Waals surface area contributed by atoms with Gasteiger partial charge in [0.2, 0.25) is 0 Å². The molecule has 0 aromatic heterocycles. The van der Waals surface area contributed by atoms with Crippen LogP contribution in [0.1, 0.15) is 19.8 Å². The summed E-state index contributed by atoms with van der Waals surface area (Å²) in [5, 5.41) is 17.1. The van der Waals surface area contributed by atoms with Crippen molar-refractivity contribution in [1.29, 1.82) is 10.5 Å². The lowest BCUT2D eigenvalue weighted by atomic mass is 9.95. The third kappa shape index (κ3) is 3.43. The van der Waals surface area contributed by atoms with Crippen LogP contribution in [0.25, 0.3) is 0 Å². The molecule has 0 radical (unpaired) electrons. The molecule has 0 saturated heterocycles. The van der Waals surface area contributed by atoms with Crippen molar-refractivity contribution in [3.63, 3.8) is 0 Å². The van der Waals surface area contributed by atoms with Gasteiger partial charge < -0.3 is 0 Å². The fraction of sp³-hybridized carbons (Fsp3) is 0.556. The van der Waals surface area contributed by atoms with Crippen molar-refractivity contribution in [3.8, 4) is 12.1 Å². The molecule has 0 aliphatic heterocycles. The third-order valence-corrected chi connectivity index (χ3v) is 1.66. The summed E-state index contributed by atoms with van der Waals surface area (Å²) in [7, 11) is 0. The molecule has 2 heteroatoms. The highest BCUT2D eigenvalue weighted by atomic mass is 14.3. The van der Waals surface area contributed by atoms with Gasteiger partial charge in [-0.1, -0.05) is 13.0 Å². The molecule has 0 heterocycles. The summed E-state index contributed by atoms with van der Waals surface area (Å²) in [4.78, 5) is 0. The van der Waals surface area contributed by atoms with Crippen molar-refractivity contribution in [1.82, 2.24) is 0 Å². The van der Waals surface area contributed by atoms with Crippen LogP contribution < -0.4 is 0 Å². The summed E-state index contributed by atoms with van der Waals surface area (Å²) in [6.07, 6.45) is 3.02. The molecule has 0 N–H and O–H groups in total. The summed E-state index contributed by atoms with van der Waals surface area (Å²) in [5.41, 5.74) is 0. The van der Waals surface area contributed by atoms with E-state index in [0.717, 1.165) is 6.42 Å². The van der Waals surface area contributed by atoms with E-state index in [1.54, 1.807) is 6.08 Å². The van der Waals surface area contributed by atoms with Crippen molar-refractivity contribution in [2.24, 2.45) is 11.8 Å². The number of hydrogen-bond acceptors (Lipinski definition) is 2. The number of allylic oxidation sites excluding steroid dienone is 1. The molecule has 0 saturated carbocycles. The highest BCUT2D eigenvalue weighted by Crippen LogP contribution is 2.14. The maximum absolute atomic E-state index is 8.57. The zero-order valence-electron chi connectivity index (χ0n) is 6.75. The van der Waals surface area contributed by atoms with E-state index in [1.807, 2.05) is 6.92 Å². The minimum atomic E-state index is -0.167. The summed E-state index contributed by atoms with van der Waals surface area (Å²) < 4.78 is 0. The zero-order chi connectivity index (χ0) is 8.69. The number of rotatable bonds is 4. The Hall–Kier alpha value is -1.28. The first-order valence-corrected chi connectivity index (χ1v) is 3.70. The van der Waals surface area contributed by atoms with Gasteiger partial charge >= 0.3 is 0 Å². The van der Waals surface area contributed by atoms with Crippen molar-refractivity contribution in [2.75, 3.05) is 0 Å². The fourth-order valence-electron chi connectivity index (χ4n) is 0.819. The largest absolute Gasteiger partial charge is 0.198 e. The van der Waals surface area contributed by atoms with E-state index in [1.165, 1.54) is 0 Å². The second kappa shape index (κ2) is 5.50. The first-order chi connectivity index (χ1) is 5.28. The summed E-state index contributed by atoms with van der Waals surface area (Å²) >= 11 is 0. The van der Waals surface area contributed by atoms with Crippen molar-refractivity contribution in [3.05, 3.63) is 12.7 Å². The van der Waals surface area contributed by atoms with Crippen LogP contribution in [0.3, 0.4) is 0 Å². The molecule has 0 fully saturated rings. The molecule has 2 atom stereocenters. The maximum atomic E-state index is 8.57. The van der Waals surface area contributed by atoms with Gasteiger partial charge in [0.25, 0.3) is 0 Å². The molecule has 0 bridgehead atoms. The molecule has 2 unspecified atom stereocenters. The van der Waals surface area contributed by atoms with Crippen LogP contribution in [0.4, 0.5) is 0 Å². The van der Waals surface area contributed by atoms with Gasteiger partial charge in [0.05, 0.1) is 18.1 Å². The molecule has 2 nitrogen and oxygen atoms in total. The van der Waals surface area contributed by atoms with Crippen LogP contribution >= 0.6 is 0 Å². The number of nitriles is 2. The van der Waals surface area contributed by atoms with Gasteiger partial charge in [-0.3, -0.25) is 0 Å². The van der Waals surface area contributed by atoms with Gasteiger partial charge in [0, 0.05) is 5.92 Å². The molecular weight excluding hydrogens is 136 g/mol. The minimum absolute atomic E-state index is 0.00218. The average Bonchev–Trinajstić information content (AvgIpc) is 2.07. The molecule has 0 amide bonds. The van der Waals surface area contributed by atoms with Crippen LogP contribution in [-0.4, -0.2) is 0 Å².